The maximum atomic E-state index is 6.11. The SMILES string of the molecule is NCC(C1CCOCC1)N1CCC(CN2CCCC2)CC1. The largest absolute Gasteiger partial charge is 0.381 e. The molecule has 0 aromatic carbocycles. The summed E-state index contributed by atoms with van der Waals surface area (Å²) in [6, 6.07) is 0.599. The molecule has 0 aliphatic carbocycles. The molecule has 3 rings (SSSR count). The first-order chi connectivity index (χ1) is 10.4. The summed E-state index contributed by atoms with van der Waals surface area (Å²) in [4.78, 5) is 5.37. The minimum absolute atomic E-state index is 0.599. The summed E-state index contributed by atoms with van der Waals surface area (Å²) < 4.78 is 5.51. The third-order valence-electron chi connectivity index (χ3n) is 5.88. The van der Waals surface area contributed by atoms with E-state index >= 15 is 0 Å². The molecule has 4 nitrogen and oxygen atoms in total. The van der Waals surface area contributed by atoms with E-state index in [0.29, 0.717) is 6.04 Å². The molecule has 4 heteroatoms. The Morgan fingerprint density at radius 2 is 1.62 bits per heavy atom. The molecule has 3 fully saturated rings. The maximum Gasteiger partial charge on any atom is 0.0469 e. The fourth-order valence-corrected chi connectivity index (χ4v) is 4.54. The van der Waals surface area contributed by atoms with Gasteiger partial charge in [0.15, 0.2) is 0 Å². The second kappa shape index (κ2) is 7.91. The van der Waals surface area contributed by atoms with Gasteiger partial charge in [0.2, 0.25) is 0 Å². The fraction of sp³-hybridized carbons (Fsp3) is 1.00. The smallest absolute Gasteiger partial charge is 0.0469 e. The molecule has 2 N–H and O–H groups in total. The first-order valence-electron chi connectivity index (χ1n) is 9.11. The van der Waals surface area contributed by atoms with Crippen molar-refractivity contribution < 1.29 is 4.74 Å². The molecule has 3 saturated heterocycles. The number of nitrogens with zero attached hydrogens (tertiary/aromatic N) is 2. The number of ether oxygens (including phenoxy) is 1. The number of hydrogen-bond acceptors (Lipinski definition) is 4. The molecule has 1 atom stereocenters. The van der Waals surface area contributed by atoms with Gasteiger partial charge in [0.25, 0.3) is 0 Å². The van der Waals surface area contributed by atoms with Crippen LogP contribution in [0.25, 0.3) is 0 Å². The highest BCUT2D eigenvalue weighted by Gasteiger charge is 2.31. The predicted octanol–water partition coefficient (Wildman–Crippen LogP) is 1.55. The molecule has 122 valence electrons. The van der Waals surface area contributed by atoms with E-state index in [1.54, 1.807) is 0 Å². The zero-order valence-corrected chi connectivity index (χ0v) is 13.5. The highest BCUT2D eigenvalue weighted by molar-refractivity contribution is 4.86. The van der Waals surface area contributed by atoms with Crippen molar-refractivity contribution in [1.82, 2.24) is 9.80 Å². The molecule has 0 saturated carbocycles. The van der Waals surface area contributed by atoms with Gasteiger partial charge < -0.3 is 15.4 Å². The lowest BCUT2D eigenvalue weighted by atomic mass is 9.87. The van der Waals surface area contributed by atoms with Gasteiger partial charge in [-0.3, -0.25) is 4.90 Å². The van der Waals surface area contributed by atoms with Gasteiger partial charge in [-0.05, 0) is 76.5 Å². The van der Waals surface area contributed by atoms with Crippen LogP contribution in [0.1, 0.15) is 38.5 Å². The summed E-state index contributed by atoms with van der Waals surface area (Å²) in [5, 5.41) is 0. The Balaban J connectivity index is 1.44. The molecule has 0 spiro atoms. The Morgan fingerprint density at radius 1 is 0.952 bits per heavy atom. The summed E-state index contributed by atoms with van der Waals surface area (Å²) in [7, 11) is 0. The molecule has 0 aromatic rings. The predicted molar refractivity (Wildman–Crippen MR) is 86.4 cm³/mol. The Morgan fingerprint density at radius 3 is 2.24 bits per heavy atom. The van der Waals surface area contributed by atoms with Gasteiger partial charge in [-0.2, -0.15) is 0 Å². The number of likely N-dealkylation sites (tertiary alicyclic amines) is 2. The van der Waals surface area contributed by atoms with E-state index in [-0.39, 0.29) is 0 Å². The van der Waals surface area contributed by atoms with Crippen LogP contribution in [0.2, 0.25) is 0 Å². The summed E-state index contributed by atoms with van der Waals surface area (Å²) in [5.41, 5.74) is 6.11. The Hall–Kier alpha value is -0.160. The van der Waals surface area contributed by atoms with Crippen LogP contribution in [0.15, 0.2) is 0 Å². The Kier molecular flexibility index (Phi) is 5.92. The van der Waals surface area contributed by atoms with Crippen LogP contribution in [-0.2, 0) is 4.74 Å². The van der Waals surface area contributed by atoms with Gasteiger partial charge in [0.1, 0.15) is 0 Å². The second-order valence-corrected chi connectivity index (χ2v) is 7.24. The zero-order chi connectivity index (χ0) is 14.5. The van der Waals surface area contributed by atoms with Gasteiger partial charge in [0, 0.05) is 32.3 Å². The molecular weight excluding hydrogens is 262 g/mol. The van der Waals surface area contributed by atoms with Crippen LogP contribution < -0.4 is 5.73 Å². The van der Waals surface area contributed by atoms with Gasteiger partial charge in [0.05, 0.1) is 0 Å². The average molecular weight is 295 g/mol. The summed E-state index contributed by atoms with van der Waals surface area (Å²) in [6.45, 7) is 9.25. The van der Waals surface area contributed by atoms with Crippen molar-refractivity contribution >= 4 is 0 Å². The minimum atomic E-state index is 0.599. The quantitative estimate of drug-likeness (QED) is 0.835. The maximum absolute atomic E-state index is 6.11. The highest BCUT2D eigenvalue weighted by atomic mass is 16.5. The van der Waals surface area contributed by atoms with E-state index in [0.717, 1.165) is 31.6 Å². The summed E-state index contributed by atoms with van der Waals surface area (Å²) in [6.07, 6.45) is 7.98. The standard InChI is InChI=1S/C17H33N3O/c18-13-17(16-5-11-21-12-6-16)20-9-3-15(4-10-20)14-19-7-1-2-8-19/h15-17H,1-14,18H2. The normalized spacial score (nSPS) is 29.0. The van der Waals surface area contributed by atoms with E-state index in [2.05, 4.69) is 9.80 Å². The lowest BCUT2D eigenvalue weighted by Crippen LogP contribution is -2.50. The van der Waals surface area contributed by atoms with Crippen molar-refractivity contribution in [3.8, 4) is 0 Å². The monoisotopic (exact) mass is 295 g/mol. The van der Waals surface area contributed by atoms with Crippen molar-refractivity contribution in [2.24, 2.45) is 17.6 Å². The van der Waals surface area contributed by atoms with Crippen molar-refractivity contribution in [1.29, 1.82) is 0 Å². The molecule has 3 aliphatic rings. The molecular formula is C17H33N3O. The number of hydrogen-bond donors (Lipinski definition) is 1. The van der Waals surface area contributed by atoms with Gasteiger partial charge >= 0.3 is 0 Å². The zero-order valence-electron chi connectivity index (χ0n) is 13.5. The third kappa shape index (κ3) is 4.19. The highest BCUT2D eigenvalue weighted by Crippen LogP contribution is 2.27. The molecule has 3 heterocycles. The second-order valence-electron chi connectivity index (χ2n) is 7.24. The van der Waals surface area contributed by atoms with Crippen molar-refractivity contribution in [3.63, 3.8) is 0 Å². The van der Waals surface area contributed by atoms with Crippen molar-refractivity contribution in [2.45, 2.75) is 44.6 Å². The molecule has 21 heavy (non-hydrogen) atoms. The van der Waals surface area contributed by atoms with E-state index in [4.69, 9.17) is 10.5 Å². The van der Waals surface area contributed by atoms with Crippen LogP contribution in [0.3, 0.4) is 0 Å². The van der Waals surface area contributed by atoms with Gasteiger partial charge in [-0.15, -0.1) is 0 Å². The Bertz CT molecular complexity index is 292. The minimum Gasteiger partial charge on any atom is -0.381 e. The molecule has 0 aromatic heterocycles. The van der Waals surface area contributed by atoms with Crippen LogP contribution in [-0.4, -0.2) is 68.3 Å². The van der Waals surface area contributed by atoms with E-state index in [1.165, 1.54) is 71.2 Å². The van der Waals surface area contributed by atoms with Crippen LogP contribution >= 0.6 is 0 Å². The van der Waals surface area contributed by atoms with Gasteiger partial charge in [-0.25, -0.2) is 0 Å². The van der Waals surface area contributed by atoms with E-state index in [9.17, 15) is 0 Å². The van der Waals surface area contributed by atoms with Crippen LogP contribution in [0, 0.1) is 11.8 Å². The third-order valence-corrected chi connectivity index (χ3v) is 5.88. The Labute approximate surface area is 130 Å². The average Bonchev–Trinajstić information content (AvgIpc) is 3.04. The molecule has 0 bridgehead atoms. The molecule has 0 radical (unpaired) electrons. The first-order valence-corrected chi connectivity index (χ1v) is 9.11. The molecule has 1 unspecified atom stereocenters. The number of piperidine rings is 1. The van der Waals surface area contributed by atoms with Crippen molar-refractivity contribution in [2.75, 3.05) is 52.5 Å². The number of rotatable bonds is 5. The van der Waals surface area contributed by atoms with Crippen LogP contribution in [0.4, 0.5) is 0 Å². The summed E-state index contributed by atoms with van der Waals surface area (Å²) >= 11 is 0. The van der Waals surface area contributed by atoms with Gasteiger partial charge in [-0.1, -0.05) is 0 Å². The van der Waals surface area contributed by atoms with Crippen LogP contribution in [0.5, 0.6) is 0 Å². The van der Waals surface area contributed by atoms with E-state index in [1.807, 2.05) is 0 Å². The molecule has 0 amide bonds. The summed E-state index contributed by atoms with van der Waals surface area (Å²) in [5.74, 6) is 1.69. The fourth-order valence-electron chi connectivity index (χ4n) is 4.54. The van der Waals surface area contributed by atoms with E-state index < -0.39 is 0 Å². The topological polar surface area (TPSA) is 41.7 Å². The first kappa shape index (κ1) is 15.7. The lowest BCUT2D eigenvalue weighted by Gasteiger charge is -2.42. The number of nitrogens with two attached hydrogens (primary N) is 1. The molecule has 3 aliphatic heterocycles. The van der Waals surface area contributed by atoms with Crippen molar-refractivity contribution in [3.05, 3.63) is 0 Å². The lowest BCUT2D eigenvalue weighted by molar-refractivity contribution is 0.0162.